The molecule has 1 N–H and O–H groups in total. The van der Waals surface area contributed by atoms with Crippen molar-refractivity contribution in [3.8, 4) is 0 Å². The van der Waals surface area contributed by atoms with Crippen LogP contribution in [0.1, 0.15) is 31.0 Å². The van der Waals surface area contributed by atoms with Crippen LogP contribution in [0.25, 0.3) is 5.76 Å². The summed E-state index contributed by atoms with van der Waals surface area (Å²) in [5.41, 5.74) is 0.885. The number of aliphatic hydroxyl groups is 1. The number of hydrogen-bond donors (Lipinski definition) is 1. The summed E-state index contributed by atoms with van der Waals surface area (Å²) in [6.45, 7) is 4.60. The Hall–Kier alpha value is -3.01. The Labute approximate surface area is 194 Å². The first-order valence-corrected chi connectivity index (χ1v) is 12.1. The molecule has 1 atom stereocenters. The topological polar surface area (TPSA) is 104 Å². The van der Waals surface area contributed by atoms with Crippen molar-refractivity contribution in [2.75, 3.05) is 33.4 Å². The van der Waals surface area contributed by atoms with Gasteiger partial charge in [-0.2, -0.15) is 4.31 Å². The van der Waals surface area contributed by atoms with Crippen LogP contribution in [-0.2, 0) is 24.3 Å². The molecule has 9 heteroatoms. The quantitative estimate of drug-likeness (QED) is 0.342. The van der Waals surface area contributed by atoms with Crippen molar-refractivity contribution in [3.63, 3.8) is 0 Å². The molecule has 0 radical (unpaired) electrons. The van der Waals surface area contributed by atoms with Crippen LogP contribution in [0.15, 0.2) is 65.1 Å². The third-order valence-corrected chi connectivity index (χ3v) is 7.73. The van der Waals surface area contributed by atoms with Gasteiger partial charge in [0, 0.05) is 32.3 Å². The SMILES string of the molecule is CCN(CC)S(=O)(=O)c1ccc(C(O)=C2C(=O)C(=O)N(CCOC)[C@@H]2c2ccccc2)cc1. The minimum atomic E-state index is -3.66. The van der Waals surface area contributed by atoms with Gasteiger partial charge in [-0.3, -0.25) is 9.59 Å². The number of methoxy groups -OCH3 is 1. The Morgan fingerprint density at radius 3 is 2.18 bits per heavy atom. The van der Waals surface area contributed by atoms with Crippen molar-refractivity contribution in [1.82, 2.24) is 9.21 Å². The molecule has 0 spiro atoms. The molecule has 1 saturated heterocycles. The Bertz CT molecular complexity index is 1140. The van der Waals surface area contributed by atoms with Crippen molar-refractivity contribution in [1.29, 1.82) is 0 Å². The maximum atomic E-state index is 12.9. The van der Waals surface area contributed by atoms with Crippen LogP contribution in [0.4, 0.5) is 0 Å². The van der Waals surface area contributed by atoms with Crippen molar-refractivity contribution in [2.45, 2.75) is 24.8 Å². The summed E-state index contributed by atoms with van der Waals surface area (Å²) in [4.78, 5) is 27.1. The zero-order chi connectivity index (χ0) is 24.2. The predicted molar refractivity (Wildman–Crippen MR) is 124 cm³/mol. The predicted octanol–water partition coefficient (Wildman–Crippen LogP) is 2.79. The molecule has 8 nitrogen and oxygen atoms in total. The fraction of sp³-hybridized carbons (Fsp3) is 0.333. The Morgan fingerprint density at radius 1 is 1.03 bits per heavy atom. The molecule has 0 saturated carbocycles. The lowest BCUT2D eigenvalue weighted by Crippen LogP contribution is -2.32. The third kappa shape index (κ3) is 4.71. The number of sulfonamides is 1. The van der Waals surface area contributed by atoms with E-state index in [1.165, 1.54) is 40.6 Å². The van der Waals surface area contributed by atoms with E-state index in [4.69, 9.17) is 4.74 Å². The molecular formula is C24H28N2O6S. The first-order chi connectivity index (χ1) is 15.8. The number of benzene rings is 2. The van der Waals surface area contributed by atoms with Gasteiger partial charge in [0.25, 0.3) is 11.7 Å². The fourth-order valence-electron chi connectivity index (χ4n) is 3.94. The van der Waals surface area contributed by atoms with E-state index in [9.17, 15) is 23.1 Å². The molecule has 0 aromatic heterocycles. The molecule has 3 rings (SSSR count). The highest BCUT2D eigenvalue weighted by Gasteiger charge is 2.45. The minimum Gasteiger partial charge on any atom is -0.507 e. The number of Topliss-reactive ketones (excluding diaryl/α,β-unsaturated/α-hetero) is 1. The first-order valence-electron chi connectivity index (χ1n) is 10.7. The number of carbonyl (C=O) groups is 2. The lowest BCUT2D eigenvalue weighted by Gasteiger charge is -2.25. The maximum absolute atomic E-state index is 12.9. The van der Waals surface area contributed by atoms with Crippen LogP contribution in [0.5, 0.6) is 0 Å². The number of amides is 1. The normalized spacial score (nSPS) is 18.3. The van der Waals surface area contributed by atoms with Gasteiger partial charge >= 0.3 is 0 Å². The minimum absolute atomic E-state index is 0.0401. The molecule has 0 unspecified atom stereocenters. The molecule has 33 heavy (non-hydrogen) atoms. The second-order valence-electron chi connectivity index (χ2n) is 7.51. The van der Waals surface area contributed by atoms with E-state index in [0.717, 1.165) is 0 Å². The summed E-state index contributed by atoms with van der Waals surface area (Å²) >= 11 is 0. The summed E-state index contributed by atoms with van der Waals surface area (Å²) in [5, 5.41) is 11.1. The van der Waals surface area contributed by atoms with Crippen molar-refractivity contribution < 1.29 is 27.9 Å². The Kier molecular flexibility index (Phi) is 7.68. The lowest BCUT2D eigenvalue weighted by molar-refractivity contribution is -0.140. The largest absolute Gasteiger partial charge is 0.507 e. The van der Waals surface area contributed by atoms with Gasteiger partial charge in [0.2, 0.25) is 10.0 Å². The highest BCUT2D eigenvalue weighted by Crippen LogP contribution is 2.39. The average molecular weight is 473 g/mol. The maximum Gasteiger partial charge on any atom is 0.295 e. The van der Waals surface area contributed by atoms with Crippen molar-refractivity contribution in [2.24, 2.45) is 0 Å². The third-order valence-electron chi connectivity index (χ3n) is 5.66. The van der Waals surface area contributed by atoms with Gasteiger partial charge in [-0.05, 0) is 29.8 Å². The van der Waals surface area contributed by atoms with E-state index in [0.29, 0.717) is 18.7 Å². The van der Waals surface area contributed by atoms with Crippen molar-refractivity contribution >= 4 is 27.5 Å². The standard InChI is InChI=1S/C24H28N2O6S/c1-4-25(5-2)33(30,31)19-13-11-18(12-14-19)22(27)20-21(17-9-7-6-8-10-17)26(15-16-32-3)24(29)23(20)28/h6-14,21,27H,4-5,15-16H2,1-3H3/t21-/m1/s1. The molecule has 176 valence electrons. The van der Waals surface area contributed by atoms with Crippen LogP contribution in [0.2, 0.25) is 0 Å². The van der Waals surface area contributed by atoms with E-state index >= 15 is 0 Å². The lowest BCUT2D eigenvalue weighted by atomic mass is 9.95. The van der Waals surface area contributed by atoms with Crippen molar-refractivity contribution in [3.05, 3.63) is 71.3 Å². The van der Waals surface area contributed by atoms with Crippen LogP contribution in [-0.4, -0.2) is 67.8 Å². The second-order valence-corrected chi connectivity index (χ2v) is 9.45. The van der Waals surface area contributed by atoms with Gasteiger partial charge in [0.1, 0.15) is 5.76 Å². The Morgan fingerprint density at radius 2 is 1.64 bits per heavy atom. The zero-order valence-corrected chi connectivity index (χ0v) is 19.7. The fourth-order valence-corrected chi connectivity index (χ4v) is 5.39. The zero-order valence-electron chi connectivity index (χ0n) is 18.9. The van der Waals surface area contributed by atoms with E-state index in [2.05, 4.69) is 0 Å². The first kappa shape index (κ1) is 24.6. The van der Waals surface area contributed by atoms with Crippen LogP contribution >= 0.6 is 0 Å². The van der Waals surface area contributed by atoms with E-state index in [1.807, 2.05) is 6.07 Å². The molecule has 1 fully saturated rings. The van der Waals surface area contributed by atoms with Gasteiger partial charge < -0.3 is 14.7 Å². The molecule has 2 aromatic carbocycles. The van der Waals surface area contributed by atoms with Crippen LogP contribution in [0.3, 0.4) is 0 Å². The number of likely N-dealkylation sites (tertiary alicyclic amines) is 1. The van der Waals surface area contributed by atoms with E-state index in [1.54, 1.807) is 38.1 Å². The summed E-state index contributed by atoms with van der Waals surface area (Å²) in [6.07, 6.45) is 0. The van der Waals surface area contributed by atoms with Gasteiger partial charge in [-0.15, -0.1) is 0 Å². The van der Waals surface area contributed by atoms with Gasteiger partial charge in [0.15, 0.2) is 0 Å². The highest BCUT2D eigenvalue weighted by atomic mass is 32.2. The molecule has 1 heterocycles. The average Bonchev–Trinajstić information content (AvgIpc) is 3.08. The number of rotatable bonds is 9. The molecule has 2 aromatic rings. The van der Waals surface area contributed by atoms with E-state index < -0.39 is 27.8 Å². The monoisotopic (exact) mass is 472 g/mol. The summed E-state index contributed by atoms with van der Waals surface area (Å²) in [6, 6.07) is 13.8. The number of aliphatic hydroxyl groups excluding tert-OH is 1. The number of nitrogens with zero attached hydrogens (tertiary/aromatic N) is 2. The van der Waals surface area contributed by atoms with Gasteiger partial charge in [0.05, 0.1) is 23.1 Å². The number of ether oxygens (including phenoxy) is 1. The van der Waals surface area contributed by atoms with Gasteiger partial charge in [-0.25, -0.2) is 8.42 Å². The summed E-state index contributed by atoms with van der Waals surface area (Å²) in [7, 11) is -2.16. The number of hydrogen-bond acceptors (Lipinski definition) is 6. The second kappa shape index (κ2) is 10.3. The molecule has 1 aliphatic rings. The number of carbonyl (C=O) groups excluding carboxylic acids is 2. The van der Waals surface area contributed by atoms with Crippen LogP contribution < -0.4 is 0 Å². The molecule has 0 aliphatic carbocycles. The smallest absolute Gasteiger partial charge is 0.295 e. The van der Waals surface area contributed by atoms with Crippen LogP contribution in [0, 0.1) is 0 Å². The summed E-state index contributed by atoms with van der Waals surface area (Å²) in [5.74, 6) is -1.87. The molecule has 1 aliphatic heterocycles. The highest BCUT2D eigenvalue weighted by molar-refractivity contribution is 7.89. The molecular weight excluding hydrogens is 444 g/mol. The Balaban J connectivity index is 2.07. The number of ketones is 1. The van der Waals surface area contributed by atoms with E-state index in [-0.39, 0.29) is 34.9 Å². The molecule has 1 amide bonds. The summed E-state index contributed by atoms with van der Waals surface area (Å²) < 4.78 is 31.9. The molecule has 0 bridgehead atoms. The van der Waals surface area contributed by atoms with Gasteiger partial charge in [-0.1, -0.05) is 44.2 Å².